The van der Waals surface area contributed by atoms with Crippen LogP contribution in [0.25, 0.3) is 0 Å². The summed E-state index contributed by atoms with van der Waals surface area (Å²) in [4.78, 5) is 0. The molecule has 0 amide bonds. The van der Waals surface area contributed by atoms with Gasteiger partial charge in [0.2, 0.25) is 0 Å². The van der Waals surface area contributed by atoms with E-state index in [1.165, 1.54) is 31.3 Å². The Bertz CT molecular complexity index is 142. The van der Waals surface area contributed by atoms with Gasteiger partial charge in [-0.25, -0.2) is 0 Å². The Morgan fingerprint density at radius 1 is 1.33 bits per heavy atom. The fourth-order valence-electron chi connectivity index (χ4n) is 1.74. The summed E-state index contributed by atoms with van der Waals surface area (Å²) >= 11 is 0. The lowest BCUT2D eigenvalue weighted by atomic mass is 9.87. The van der Waals surface area contributed by atoms with E-state index in [1.807, 2.05) is 6.26 Å². The van der Waals surface area contributed by atoms with Crippen LogP contribution in [0.15, 0.2) is 11.8 Å². The number of hydrogen-bond acceptors (Lipinski definition) is 2. The zero-order valence-electron chi connectivity index (χ0n) is 8.01. The summed E-state index contributed by atoms with van der Waals surface area (Å²) in [5.74, 6) is 0.768. The van der Waals surface area contributed by atoms with E-state index in [9.17, 15) is 0 Å². The van der Waals surface area contributed by atoms with Crippen molar-refractivity contribution in [3.63, 3.8) is 0 Å². The summed E-state index contributed by atoms with van der Waals surface area (Å²) < 4.78 is 10.1. The normalized spacial score (nSPS) is 23.8. The van der Waals surface area contributed by atoms with Crippen LogP contribution in [0.4, 0.5) is 0 Å². The molecule has 0 spiro atoms. The second kappa shape index (κ2) is 5.20. The molecule has 0 aromatic carbocycles. The molecule has 1 aliphatic rings. The molecule has 2 nitrogen and oxygen atoms in total. The Balaban J connectivity index is 2.24. The van der Waals surface area contributed by atoms with Gasteiger partial charge in [0.25, 0.3) is 0 Å². The predicted molar refractivity (Wildman–Crippen MR) is 48.9 cm³/mol. The maximum absolute atomic E-state index is 5.13. The molecule has 0 N–H and O–H groups in total. The van der Waals surface area contributed by atoms with Crippen LogP contribution in [0.2, 0.25) is 0 Å². The molecule has 70 valence electrons. The third-order valence-electron chi connectivity index (χ3n) is 2.43. The third kappa shape index (κ3) is 2.86. The molecule has 0 unspecified atom stereocenters. The first-order chi connectivity index (χ1) is 5.86. The summed E-state index contributed by atoms with van der Waals surface area (Å²) in [6.45, 7) is 0.917. The molecule has 0 atom stereocenters. The minimum atomic E-state index is 0.768. The molecule has 0 aromatic rings. The Morgan fingerprint density at radius 3 is 2.50 bits per heavy atom. The topological polar surface area (TPSA) is 18.5 Å². The highest BCUT2D eigenvalue weighted by Gasteiger charge is 2.16. The van der Waals surface area contributed by atoms with Gasteiger partial charge >= 0.3 is 0 Å². The van der Waals surface area contributed by atoms with Gasteiger partial charge in [-0.1, -0.05) is 0 Å². The Labute approximate surface area is 74.6 Å². The summed E-state index contributed by atoms with van der Waals surface area (Å²) in [7, 11) is 3.49. The highest BCUT2D eigenvalue weighted by atomic mass is 16.5. The van der Waals surface area contributed by atoms with Gasteiger partial charge in [-0.2, -0.15) is 0 Å². The molecule has 0 radical (unpaired) electrons. The molecule has 0 bridgehead atoms. The van der Waals surface area contributed by atoms with Crippen LogP contribution in [-0.4, -0.2) is 20.8 Å². The molecule has 0 aromatic heterocycles. The average Bonchev–Trinajstić information content (AvgIpc) is 2.09. The van der Waals surface area contributed by atoms with Gasteiger partial charge in [0.15, 0.2) is 0 Å². The first-order valence-electron chi connectivity index (χ1n) is 4.56. The molecule has 1 aliphatic carbocycles. The first kappa shape index (κ1) is 9.59. The Morgan fingerprint density at radius 2 is 2.00 bits per heavy atom. The van der Waals surface area contributed by atoms with Gasteiger partial charge < -0.3 is 9.47 Å². The van der Waals surface area contributed by atoms with E-state index in [1.54, 1.807) is 14.2 Å². The minimum Gasteiger partial charge on any atom is -0.504 e. The van der Waals surface area contributed by atoms with Gasteiger partial charge in [-0.3, -0.25) is 0 Å². The maximum atomic E-state index is 5.13. The number of hydrogen-bond donors (Lipinski definition) is 0. The molecule has 0 heterocycles. The van der Waals surface area contributed by atoms with Crippen molar-refractivity contribution in [3.8, 4) is 0 Å². The summed E-state index contributed by atoms with van der Waals surface area (Å²) in [5.41, 5.74) is 1.45. The van der Waals surface area contributed by atoms with Crippen LogP contribution in [0.1, 0.15) is 25.7 Å². The van der Waals surface area contributed by atoms with E-state index in [0.717, 1.165) is 12.5 Å². The molecule has 0 aliphatic heterocycles. The van der Waals surface area contributed by atoms with E-state index >= 15 is 0 Å². The van der Waals surface area contributed by atoms with Gasteiger partial charge in [-0.05, 0) is 37.2 Å². The van der Waals surface area contributed by atoms with Crippen molar-refractivity contribution in [2.45, 2.75) is 25.7 Å². The lowest BCUT2D eigenvalue weighted by Crippen LogP contribution is -2.13. The smallest absolute Gasteiger partial charge is 0.0816 e. The second-order valence-corrected chi connectivity index (χ2v) is 3.41. The standard InChI is InChI=1S/C10H18O2/c1-11-7-9-3-5-10(6-4-9)8-12-2/h7,10H,3-6,8H2,1-2H3. The van der Waals surface area contributed by atoms with Crippen molar-refractivity contribution in [2.24, 2.45) is 5.92 Å². The molecular weight excluding hydrogens is 152 g/mol. The van der Waals surface area contributed by atoms with Gasteiger partial charge in [-0.15, -0.1) is 0 Å². The van der Waals surface area contributed by atoms with Crippen molar-refractivity contribution in [2.75, 3.05) is 20.8 Å². The summed E-state index contributed by atoms with van der Waals surface area (Å²) in [5, 5.41) is 0. The molecule has 2 heteroatoms. The first-order valence-corrected chi connectivity index (χ1v) is 4.56. The van der Waals surface area contributed by atoms with Crippen LogP contribution in [0.3, 0.4) is 0 Å². The van der Waals surface area contributed by atoms with Gasteiger partial charge in [0, 0.05) is 13.7 Å². The van der Waals surface area contributed by atoms with Gasteiger partial charge in [0.05, 0.1) is 13.4 Å². The van der Waals surface area contributed by atoms with Crippen LogP contribution in [0, 0.1) is 5.92 Å². The zero-order chi connectivity index (χ0) is 8.81. The molecule has 1 rings (SSSR count). The lowest BCUT2D eigenvalue weighted by molar-refractivity contribution is 0.137. The van der Waals surface area contributed by atoms with Crippen molar-refractivity contribution in [3.05, 3.63) is 11.8 Å². The molecular formula is C10H18O2. The van der Waals surface area contributed by atoms with Crippen molar-refractivity contribution < 1.29 is 9.47 Å². The number of allylic oxidation sites excluding steroid dienone is 1. The van der Waals surface area contributed by atoms with Crippen molar-refractivity contribution in [1.82, 2.24) is 0 Å². The van der Waals surface area contributed by atoms with E-state index in [-0.39, 0.29) is 0 Å². The molecule has 1 saturated carbocycles. The number of ether oxygens (including phenoxy) is 2. The third-order valence-corrected chi connectivity index (χ3v) is 2.43. The molecule has 12 heavy (non-hydrogen) atoms. The second-order valence-electron chi connectivity index (χ2n) is 3.41. The van der Waals surface area contributed by atoms with Crippen LogP contribution in [-0.2, 0) is 9.47 Å². The lowest BCUT2D eigenvalue weighted by Gasteiger charge is -2.22. The molecule has 0 saturated heterocycles. The van der Waals surface area contributed by atoms with E-state index in [0.29, 0.717) is 0 Å². The van der Waals surface area contributed by atoms with Crippen LogP contribution >= 0.6 is 0 Å². The van der Waals surface area contributed by atoms with Crippen molar-refractivity contribution in [1.29, 1.82) is 0 Å². The quantitative estimate of drug-likeness (QED) is 0.605. The number of methoxy groups -OCH3 is 2. The van der Waals surface area contributed by atoms with Crippen LogP contribution < -0.4 is 0 Å². The monoisotopic (exact) mass is 170 g/mol. The average molecular weight is 170 g/mol. The number of rotatable bonds is 3. The Hall–Kier alpha value is -0.500. The predicted octanol–water partition coefficient (Wildman–Crippen LogP) is 2.35. The summed E-state index contributed by atoms with van der Waals surface area (Å²) in [6, 6.07) is 0. The fraction of sp³-hybridized carbons (Fsp3) is 0.800. The summed E-state index contributed by atoms with van der Waals surface area (Å²) in [6.07, 6.45) is 6.76. The minimum absolute atomic E-state index is 0.768. The fourth-order valence-corrected chi connectivity index (χ4v) is 1.74. The highest BCUT2D eigenvalue weighted by Crippen LogP contribution is 2.27. The van der Waals surface area contributed by atoms with Crippen LogP contribution in [0.5, 0.6) is 0 Å². The SMILES string of the molecule is COC=C1CCC(COC)CC1. The van der Waals surface area contributed by atoms with E-state index in [4.69, 9.17) is 9.47 Å². The zero-order valence-corrected chi connectivity index (χ0v) is 8.01. The van der Waals surface area contributed by atoms with Gasteiger partial charge in [0.1, 0.15) is 0 Å². The Kier molecular flexibility index (Phi) is 4.15. The molecule has 1 fully saturated rings. The van der Waals surface area contributed by atoms with E-state index < -0.39 is 0 Å². The van der Waals surface area contributed by atoms with Crippen molar-refractivity contribution >= 4 is 0 Å². The maximum Gasteiger partial charge on any atom is 0.0816 e. The van der Waals surface area contributed by atoms with E-state index in [2.05, 4.69) is 0 Å². The highest BCUT2D eigenvalue weighted by molar-refractivity contribution is 5.01. The largest absolute Gasteiger partial charge is 0.504 e.